The first-order chi connectivity index (χ1) is 69.8. The maximum absolute atomic E-state index is 11.3. The van der Waals surface area contributed by atoms with Crippen LogP contribution in [0.5, 0.6) is 34.5 Å². The summed E-state index contributed by atoms with van der Waals surface area (Å²) in [5.41, 5.74) is 32.7. The molecule has 16 aromatic rings. The molecule has 0 amide bonds. The molecule has 11 atom stereocenters. The monoisotopic (exact) mass is 1940 g/mol. The van der Waals surface area contributed by atoms with E-state index in [4.69, 9.17) is 0 Å². The van der Waals surface area contributed by atoms with Gasteiger partial charge in [-0.25, -0.2) is 0 Å². The zero-order valence-corrected chi connectivity index (χ0v) is 91.8. The summed E-state index contributed by atoms with van der Waals surface area (Å²) in [4.78, 5) is 0. The summed E-state index contributed by atoms with van der Waals surface area (Å²) in [6.45, 7) is 54.8. The molecule has 6 heteroatoms. The summed E-state index contributed by atoms with van der Waals surface area (Å²) in [5, 5.41) is 65.5. The summed E-state index contributed by atoms with van der Waals surface area (Å²) in [7, 11) is 0. The molecule has 16 aromatic carbocycles. The second-order valence-corrected chi connectivity index (χ2v) is 43.2. The molecule has 6 nitrogen and oxygen atoms in total. The van der Waals surface area contributed by atoms with Gasteiger partial charge in [-0.2, -0.15) is 0 Å². The van der Waals surface area contributed by atoms with Gasteiger partial charge in [0.05, 0.1) is 0 Å². The van der Waals surface area contributed by atoms with Gasteiger partial charge < -0.3 is 30.6 Å². The van der Waals surface area contributed by atoms with E-state index in [1.165, 1.54) is 94.6 Å². The quantitative estimate of drug-likeness (QED) is 0.0291. The molecule has 0 bridgehead atoms. The maximum Gasteiger partial charge on any atom is 0.123 e. The Morgan fingerprint density at radius 3 is 0.767 bits per heavy atom. The Morgan fingerprint density at radius 2 is 0.479 bits per heavy atom. The van der Waals surface area contributed by atoms with Crippen LogP contribution in [0.15, 0.2) is 376 Å². The molecular weight excluding hydrogens is 1780 g/mol. The first kappa shape index (κ1) is 113. The average molecular weight is 1940 g/mol. The van der Waals surface area contributed by atoms with Gasteiger partial charge in [0.15, 0.2) is 0 Å². The first-order valence-electron chi connectivity index (χ1n) is 53.3. The summed E-state index contributed by atoms with van der Waals surface area (Å²) in [5.74, 6) is 5.59. The fourth-order valence-corrected chi connectivity index (χ4v) is 21.3. The summed E-state index contributed by atoms with van der Waals surface area (Å²) < 4.78 is 0. The van der Waals surface area contributed by atoms with Crippen molar-refractivity contribution in [3.05, 3.63) is 532 Å². The summed E-state index contributed by atoms with van der Waals surface area (Å²) >= 11 is 0. The van der Waals surface area contributed by atoms with E-state index in [-0.39, 0.29) is 70.0 Å². The van der Waals surface area contributed by atoms with Gasteiger partial charge in [-0.05, 0) is 177 Å². The van der Waals surface area contributed by atoms with Crippen LogP contribution < -0.4 is 0 Å². The van der Waals surface area contributed by atoms with E-state index in [1.54, 1.807) is 0 Å². The van der Waals surface area contributed by atoms with Crippen LogP contribution >= 0.6 is 0 Å². The van der Waals surface area contributed by atoms with Crippen molar-refractivity contribution in [3.63, 3.8) is 0 Å². The van der Waals surface area contributed by atoms with E-state index < -0.39 is 0 Å². The van der Waals surface area contributed by atoms with Gasteiger partial charge in [-0.1, -0.05) is 527 Å². The van der Waals surface area contributed by atoms with Crippen LogP contribution in [-0.4, -0.2) is 30.6 Å². The van der Waals surface area contributed by atoms with Crippen LogP contribution in [0.4, 0.5) is 0 Å². The SMILES string of the molecule is CC(C)c1cc(C(C)c2ccccc2)c(O)c(C(C)c2ccccc2)c1.CC(c1ccccc1)c1cc(C(C)(C)CC(C)(C)C)ccc1O.CCC(C)c1cc(C(C)c2ccccc2)c(O)c(C(C)c2ccccc2)c1.CCC(c1ccccc1)c1cc(C)cc(C(CC)c2ccccc2)c1O.Cc1c(C(C)C)cc(C(C)c2ccccc2)c(O)c1C(C)c1ccccc1.Cc1cc(C)c(O)c(C(C)c2ccccc2)c1. The van der Waals surface area contributed by atoms with Gasteiger partial charge in [-0.3, -0.25) is 0 Å². The van der Waals surface area contributed by atoms with E-state index >= 15 is 0 Å². The lowest BCUT2D eigenvalue weighted by Crippen LogP contribution is -2.25. The zero-order chi connectivity index (χ0) is 106. The smallest absolute Gasteiger partial charge is 0.123 e. The lowest BCUT2D eigenvalue weighted by Gasteiger charge is -2.33. The fraction of sp³-hybridized carbons (Fsp3) is 0.314. The minimum atomic E-state index is 0.0805. The van der Waals surface area contributed by atoms with Crippen molar-refractivity contribution in [1.29, 1.82) is 0 Å². The molecule has 0 saturated heterocycles. The Kier molecular flexibility index (Phi) is 40.8. The molecule has 0 fully saturated rings. The molecule has 0 aliphatic heterocycles. The lowest BCUT2D eigenvalue weighted by atomic mass is 9.71. The molecule has 0 aliphatic rings. The highest BCUT2D eigenvalue weighted by atomic mass is 16.3. The van der Waals surface area contributed by atoms with Crippen LogP contribution in [0.3, 0.4) is 0 Å². The third-order valence-corrected chi connectivity index (χ3v) is 30.2. The standard InChI is InChI=1S/2C26H30O.2C25H28O.C22H30O.C16H18O/c1-17(2)23-16-24(18(3)21-12-8-6-9-13-21)26(27)25(20(23)5)19(4)22-14-10-7-11-15-22;1-5-18(2)23-16-24(19(3)21-12-8-6-9-13-21)26(27)25(17-23)20(4)22-14-10-7-11-15-22;1-17(2)22-15-23(18(3)20-11-7-5-8-12-20)25(26)24(16-22)19(4)21-13-9-6-10-14-21;1-4-21(19-12-8-6-9-13-19)23-16-18(3)17-24(25(23)26)22(5-2)20-14-10-7-11-15-20;1-16(17-10-8-7-9-11-17)19-14-18(12-13-20(19)23)22(5,6)15-21(2,3)4;1-11-9-12(2)16(17)15(10-11)13(3)14-7-5-4-6-8-14/h6-19,27H,1-5H3;6-20,27H,5H2,1-4H3;5-19,26H,1-4H3;6-17,21-22,26H,4-5H2,1-3H3;7-14,16,23H,15H2,1-6H3;4-10,13,17H,1-3H3. The normalized spacial score (nSPS) is 13.6. The second kappa shape index (κ2) is 52.9. The van der Waals surface area contributed by atoms with Crippen molar-refractivity contribution in [1.82, 2.24) is 0 Å². The summed E-state index contributed by atoms with van der Waals surface area (Å²) in [6.07, 6.45) is 4.11. The van der Waals surface area contributed by atoms with E-state index in [0.29, 0.717) is 52.3 Å². The van der Waals surface area contributed by atoms with Crippen LogP contribution in [0, 0.1) is 33.1 Å². The van der Waals surface area contributed by atoms with Gasteiger partial charge in [0.1, 0.15) is 34.5 Å². The topological polar surface area (TPSA) is 121 Å². The van der Waals surface area contributed by atoms with Crippen molar-refractivity contribution in [2.24, 2.45) is 5.41 Å². The van der Waals surface area contributed by atoms with Crippen molar-refractivity contribution >= 4 is 0 Å². The highest BCUT2D eigenvalue weighted by Gasteiger charge is 2.32. The van der Waals surface area contributed by atoms with Crippen LogP contribution in [0.25, 0.3) is 0 Å². The number of phenols is 6. The van der Waals surface area contributed by atoms with Crippen molar-refractivity contribution < 1.29 is 30.6 Å². The Morgan fingerprint density at radius 1 is 0.219 bits per heavy atom. The number of phenolic OH excluding ortho intramolecular Hbond substituents is 6. The van der Waals surface area contributed by atoms with Crippen LogP contribution in [-0.2, 0) is 5.41 Å². The average Bonchev–Trinajstić information content (AvgIpc) is 0.774. The van der Waals surface area contributed by atoms with Crippen molar-refractivity contribution in [2.45, 2.75) is 281 Å². The fourth-order valence-electron chi connectivity index (χ4n) is 21.3. The predicted molar refractivity (Wildman–Crippen MR) is 620 cm³/mol. The Labute approximate surface area is 877 Å². The van der Waals surface area contributed by atoms with Gasteiger partial charge in [0.2, 0.25) is 0 Å². The van der Waals surface area contributed by atoms with Gasteiger partial charge in [0.25, 0.3) is 0 Å². The molecule has 0 aliphatic carbocycles. The molecule has 0 heterocycles. The Bertz CT molecular complexity index is 6510. The number of aromatic hydroxyl groups is 6. The van der Waals surface area contributed by atoms with E-state index in [0.717, 1.165) is 86.9 Å². The second-order valence-electron chi connectivity index (χ2n) is 43.2. The number of benzene rings is 16. The highest BCUT2D eigenvalue weighted by molar-refractivity contribution is 5.60. The third-order valence-electron chi connectivity index (χ3n) is 30.2. The first-order valence-corrected chi connectivity index (χ1v) is 53.3. The maximum atomic E-state index is 11.3. The van der Waals surface area contributed by atoms with Gasteiger partial charge in [0, 0.05) is 115 Å². The largest absolute Gasteiger partial charge is 0.508 e. The van der Waals surface area contributed by atoms with Crippen molar-refractivity contribution in [3.8, 4) is 34.5 Å². The van der Waals surface area contributed by atoms with Crippen molar-refractivity contribution in [2.75, 3.05) is 0 Å². The molecule has 16 rings (SSSR count). The highest BCUT2D eigenvalue weighted by Crippen LogP contribution is 2.49. The molecule has 0 saturated carbocycles. The van der Waals surface area contributed by atoms with Crippen LogP contribution in [0.2, 0.25) is 0 Å². The summed E-state index contributed by atoms with van der Waals surface area (Å²) in [6, 6.07) is 130. The third kappa shape index (κ3) is 29.2. The number of hydrogen-bond acceptors (Lipinski definition) is 6. The number of aryl methyl sites for hydroxylation is 3. The molecule has 0 aromatic heterocycles. The molecule has 0 radical (unpaired) electrons. The molecule has 760 valence electrons. The van der Waals surface area contributed by atoms with E-state index in [1.807, 2.05) is 91.9 Å². The van der Waals surface area contributed by atoms with Gasteiger partial charge >= 0.3 is 0 Å². The minimum Gasteiger partial charge on any atom is -0.508 e. The Hall–Kier alpha value is -13.7. The molecule has 6 N–H and O–H groups in total. The lowest BCUT2D eigenvalue weighted by molar-refractivity contribution is 0.284. The minimum absolute atomic E-state index is 0.0805. The van der Waals surface area contributed by atoms with E-state index in [9.17, 15) is 30.6 Å². The van der Waals surface area contributed by atoms with Gasteiger partial charge in [-0.15, -0.1) is 0 Å². The number of hydrogen-bond donors (Lipinski definition) is 6. The van der Waals surface area contributed by atoms with Crippen LogP contribution in [0.1, 0.15) is 404 Å². The molecular formula is C140H164O6. The zero-order valence-electron chi connectivity index (χ0n) is 91.8. The molecule has 0 spiro atoms. The predicted octanol–water partition coefficient (Wildman–Crippen LogP) is 38.4. The Balaban J connectivity index is 0.000000168. The van der Waals surface area contributed by atoms with E-state index in [2.05, 4.69) is 457 Å². The molecule has 146 heavy (non-hydrogen) atoms. The number of rotatable bonds is 28. The molecule has 11 unspecified atom stereocenters.